The maximum Gasteiger partial charge on any atom is 0.134 e. The van der Waals surface area contributed by atoms with Crippen LogP contribution < -0.4 is 5.32 Å². The Bertz CT molecular complexity index is 870. The maximum atomic E-state index is 6.35. The summed E-state index contributed by atoms with van der Waals surface area (Å²) in [5.74, 6) is 0.696. The van der Waals surface area contributed by atoms with E-state index in [2.05, 4.69) is 51.3 Å². The normalized spacial score (nSPS) is 26.5. The van der Waals surface area contributed by atoms with E-state index in [1.807, 2.05) is 18.5 Å². The first-order valence-corrected chi connectivity index (χ1v) is 9.30. The van der Waals surface area contributed by atoms with Crippen LogP contribution in [0.1, 0.15) is 37.5 Å². The smallest absolute Gasteiger partial charge is 0.134 e. The van der Waals surface area contributed by atoms with Gasteiger partial charge in [-0.25, -0.2) is 4.98 Å². The van der Waals surface area contributed by atoms with Gasteiger partial charge in [-0.15, -0.1) is 0 Å². The van der Waals surface area contributed by atoms with E-state index >= 15 is 0 Å². The van der Waals surface area contributed by atoms with E-state index in [0.29, 0.717) is 12.0 Å². The summed E-state index contributed by atoms with van der Waals surface area (Å²) >= 11 is 0. The molecule has 5 rings (SSSR count). The third kappa shape index (κ3) is 2.75. The molecule has 0 radical (unpaired) electrons. The van der Waals surface area contributed by atoms with Crippen LogP contribution in [0.3, 0.4) is 0 Å². The number of nitrogens with one attached hydrogen (secondary N) is 1. The number of benzene rings is 2. The molecule has 128 valence electrons. The zero-order chi connectivity index (χ0) is 16.6. The molecule has 25 heavy (non-hydrogen) atoms. The highest BCUT2D eigenvalue weighted by atomic mass is 16.5. The summed E-state index contributed by atoms with van der Waals surface area (Å²) < 4.78 is 8.48. The molecule has 3 atom stereocenters. The SMILES string of the molecule is c1ccc2c(c1)ncn2-c1ccc([C@H]2NC[C@@H]3CCCC[C@H]3O2)cc1. The Morgan fingerprint density at radius 3 is 2.76 bits per heavy atom. The van der Waals surface area contributed by atoms with E-state index in [1.54, 1.807) is 0 Å². The molecule has 4 nitrogen and oxygen atoms in total. The van der Waals surface area contributed by atoms with Crippen molar-refractivity contribution in [3.8, 4) is 5.69 Å². The van der Waals surface area contributed by atoms with E-state index in [0.717, 1.165) is 23.3 Å². The quantitative estimate of drug-likeness (QED) is 0.764. The summed E-state index contributed by atoms with van der Waals surface area (Å²) in [4.78, 5) is 4.48. The minimum atomic E-state index is 0.0212. The summed E-state index contributed by atoms with van der Waals surface area (Å²) in [6.07, 6.45) is 7.51. The monoisotopic (exact) mass is 333 g/mol. The van der Waals surface area contributed by atoms with Crippen LogP contribution in [-0.4, -0.2) is 22.2 Å². The van der Waals surface area contributed by atoms with E-state index in [4.69, 9.17) is 4.74 Å². The number of fused-ring (bicyclic) bond motifs is 2. The Hall–Kier alpha value is -2.17. The van der Waals surface area contributed by atoms with Gasteiger partial charge in [0.2, 0.25) is 0 Å². The van der Waals surface area contributed by atoms with Crippen molar-refractivity contribution in [2.24, 2.45) is 5.92 Å². The number of rotatable bonds is 2. The average Bonchev–Trinajstić information content (AvgIpc) is 3.12. The molecule has 2 aromatic carbocycles. The Labute approximate surface area is 147 Å². The molecule has 2 fully saturated rings. The van der Waals surface area contributed by atoms with Gasteiger partial charge in [0.25, 0.3) is 0 Å². The summed E-state index contributed by atoms with van der Waals surface area (Å²) in [6.45, 7) is 1.07. The van der Waals surface area contributed by atoms with E-state index in [9.17, 15) is 0 Å². The lowest BCUT2D eigenvalue weighted by atomic mass is 9.85. The predicted molar refractivity (Wildman–Crippen MR) is 98.6 cm³/mol. The molecule has 1 aromatic heterocycles. The van der Waals surface area contributed by atoms with Gasteiger partial charge in [0, 0.05) is 12.2 Å². The number of hydrogen-bond acceptors (Lipinski definition) is 3. The molecule has 1 saturated carbocycles. The molecule has 2 heterocycles. The lowest BCUT2D eigenvalue weighted by Gasteiger charge is -2.40. The fourth-order valence-corrected chi connectivity index (χ4v) is 4.24. The number of aromatic nitrogens is 2. The number of nitrogens with zero attached hydrogens (tertiary/aromatic N) is 2. The second-order valence-corrected chi connectivity index (χ2v) is 7.20. The third-order valence-electron chi connectivity index (χ3n) is 5.64. The molecule has 0 amide bonds. The highest BCUT2D eigenvalue weighted by Gasteiger charge is 2.33. The summed E-state index contributed by atoms with van der Waals surface area (Å²) in [7, 11) is 0. The molecule has 1 aliphatic carbocycles. The van der Waals surface area contributed by atoms with Crippen LogP contribution in [0.5, 0.6) is 0 Å². The number of imidazole rings is 1. The van der Waals surface area contributed by atoms with Crippen LogP contribution >= 0.6 is 0 Å². The van der Waals surface area contributed by atoms with Crippen molar-refractivity contribution in [1.82, 2.24) is 14.9 Å². The van der Waals surface area contributed by atoms with Gasteiger partial charge in [0.05, 0.1) is 17.1 Å². The van der Waals surface area contributed by atoms with Crippen molar-refractivity contribution in [2.45, 2.75) is 38.0 Å². The van der Waals surface area contributed by atoms with Gasteiger partial charge >= 0.3 is 0 Å². The Morgan fingerprint density at radius 2 is 1.84 bits per heavy atom. The molecule has 0 unspecified atom stereocenters. The van der Waals surface area contributed by atoms with Gasteiger partial charge in [-0.05, 0) is 48.6 Å². The van der Waals surface area contributed by atoms with Crippen molar-refractivity contribution in [2.75, 3.05) is 6.54 Å². The molecule has 2 aliphatic rings. The van der Waals surface area contributed by atoms with Crippen molar-refractivity contribution in [3.05, 3.63) is 60.4 Å². The predicted octanol–water partition coefficient (Wildman–Crippen LogP) is 4.20. The maximum absolute atomic E-state index is 6.35. The minimum absolute atomic E-state index is 0.0212. The molecule has 1 aliphatic heterocycles. The third-order valence-corrected chi connectivity index (χ3v) is 5.64. The minimum Gasteiger partial charge on any atom is -0.356 e. The van der Waals surface area contributed by atoms with Gasteiger partial charge in [-0.1, -0.05) is 37.1 Å². The Morgan fingerprint density at radius 1 is 1.00 bits per heavy atom. The van der Waals surface area contributed by atoms with Gasteiger partial charge in [-0.2, -0.15) is 0 Å². The molecular formula is C21H23N3O. The van der Waals surface area contributed by atoms with Gasteiger partial charge in [0.15, 0.2) is 0 Å². The van der Waals surface area contributed by atoms with Crippen molar-refractivity contribution >= 4 is 11.0 Å². The van der Waals surface area contributed by atoms with E-state index in [1.165, 1.54) is 31.2 Å². The van der Waals surface area contributed by atoms with Gasteiger partial charge < -0.3 is 4.74 Å². The van der Waals surface area contributed by atoms with Crippen LogP contribution in [0, 0.1) is 5.92 Å². The second-order valence-electron chi connectivity index (χ2n) is 7.20. The first kappa shape index (κ1) is 15.1. The molecule has 0 spiro atoms. The topological polar surface area (TPSA) is 39.1 Å². The zero-order valence-corrected chi connectivity index (χ0v) is 14.3. The van der Waals surface area contributed by atoms with Crippen LogP contribution in [0.2, 0.25) is 0 Å². The van der Waals surface area contributed by atoms with Crippen LogP contribution in [-0.2, 0) is 4.74 Å². The largest absolute Gasteiger partial charge is 0.356 e. The summed E-state index contributed by atoms with van der Waals surface area (Å²) in [5, 5.41) is 3.58. The second kappa shape index (κ2) is 6.28. The van der Waals surface area contributed by atoms with Crippen LogP contribution in [0.15, 0.2) is 54.9 Å². The molecular weight excluding hydrogens is 310 g/mol. The van der Waals surface area contributed by atoms with Gasteiger partial charge in [-0.3, -0.25) is 9.88 Å². The molecule has 3 aromatic rings. The fraction of sp³-hybridized carbons (Fsp3) is 0.381. The zero-order valence-electron chi connectivity index (χ0n) is 14.3. The molecule has 1 N–H and O–H groups in total. The lowest BCUT2D eigenvalue weighted by molar-refractivity contribution is -0.109. The van der Waals surface area contributed by atoms with Crippen LogP contribution in [0.4, 0.5) is 0 Å². The number of hydrogen-bond donors (Lipinski definition) is 1. The highest BCUT2D eigenvalue weighted by molar-refractivity contribution is 5.77. The first-order valence-electron chi connectivity index (χ1n) is 9.30. The highest BCUT2D eigenvalue weighted by Crippen LogP contribution is 2.34. The first-order chi connectivity index (χ1) is 12.4. The molecule has 4 heteroatoms. The summed E-state index contributed by atoms with van der Waals surface area (Å²) in [5.41, 5.74) is 4.49. The van der Waals surface area contributed by atoms with E-state index < -0.39 is 0 Å². The average molecular weight is 333 g/mol. The lowest BCUT2D eigenvalue weighted by Crippen LogP contribution is -2.45. The van der Waals surface area contributed by atoms with E-state index in [-0.39, 0.29) is 6.23 Å². The standard InChI is InChI=1S/C21H23N3O/c1-4-8-20-16(5-1)13-22-21(25-20)15-9-11-17(12-10-15)24-14-23-18-6-2-3-7-19(18)24/h2-3,6-7,9-12,14,16,20-22H,1,4-5,8,13H2/t16-,20+,21-/m0/s1. The fourth-order valence-electron chi connectivity index (χ4n) is 4.24. The van der Waals surface area contributed by atoms with Crippen molar-refractivity contribution in [3.63, 3.8) is 0 Å². The van der Waals surface area contributed by atoms with Gasteiger partial charge in [0.1, 0.15) is 12.6 Å². The Balaban J connectivity index is 1.38. The summed E-state index contributed by atoms with van der Waals surface area (Å²) in [6, 6.07) is 16.9. The Kier molecular flexibility index (Phi) is 3.80. The molecule has 0 bridgehead atoms. The number of para-hydroxylation sites is 2. The van der Waals surface area contributed by atoms with Crippen LogP contribution in [0.25, 0.3) is 16.7 Å². The molecule has 1 saturated heterocycles. The number of ether oxygens (including phenoxy) is 1. The van der Waals surface area contributed by atoms with Crippen molar-refractivity contribution < 1.29 is 4.74 Å². The van der Waals surface area contributed by atoms with Crippen molar-refractivity contribution in [1.29, 1.82) is 0 Å².